The maximum Gasteiger partial charge on any atom is 0.421 e. The van der Waals surface area contributed by atoms with Gasteiger partial charge in [-0.05, 0) is 32.4 Å². The summed E-state index contributed by atoms with van der Waals surface area (Å²) in [5.41, 5.74) is -0.415. The summed E-state index contributed by atoms with van der Waals surface area (Å²) in [6.07, 6.45) is -2.20. The van der Waals surface area contributed by atoms with Crippen LogP contribution in [0.1, 0.15) is 39.2 Å². The molecule has 2 rings (SSSR count). The summed E-state index contributed by atoms with van der Waals surface area (Å²) >= 11 is 0. The summed E-state index contributed by atoms with van der Waals surface area (Å²) in [7, 11) is 1.52. The third-order valence-corrected chi connectivity index (χ3v) is 3.68. The molecule has 1 aromatic heterocycles. The first-order chi connectivity index (χ1) is 12.7. The van der Waals surface area contributed by atoms with Gasteiger partial charge >= 0.3 is 12.2 Å². The summed E-state index contributed by atoms with van der Waals surface area (Å²) in [6, 6.07) is 6.77. The van der Waals surface area contributed by atoms with E-state index in [1.165, 1.54) is 11.9 Å². The number of hydrogen-bond acceptors (Lipinski definition) is 5. The van der Waals surface area contributed by atoms with Gasteiger partial charge in [0.1, 0.15) is 11.3 Å². The molecule has 0 unspecified atom stereocenters. The molecule has 5 nitrogen and oxygen atoms in total. The van der Waals surface area contributed by atoms with Crippen LogP contribution in [0.4, 0.5) is 24.7 Å². The van der Waals surface area contributed by atoms with Crippen molar-refractivity contribution >= 4 is 11.5 Å². The second-order valence-corrected chi connectivity index (χ2v) is 6.31. The smallest absolute Gasteiger partial charge is 0.421 e. The third-order valence-electron chi connectivity index (χ3n) is 3.68. The normalized spacial score (nSPS) is 11.6. The number of ether oxygens (including phenoxy) is 2. The molecule has 0 fully saturated rings. The van der Waals surface area contributed by atoms with E-state index >= 15 is 0 Å². The molecule has 0 saturated carbocycles. The van der Waals surface area contributed by atoms with Gasteiger partial charge in [0.2, 0.25) is 0 Å². The maximum absolute atomic E-state index is 13.4. The quantitative estimate of drug-likeness (QED) is 0.584. The molecule has 0 radical (unpaired) electrons. The Morgan fingerprint density at radius 2 is 1.96 bits per heavy atom. The van der Waals surface area contributed by atoms with Crippen molar-refractivity contribution in [3.05, 3.63) is 36.0 Å². The van der Waals surface area contributed by atoms with Crippen molar-refractivity contribution in [2.45, 2.75) is 45.9 Å². The monoisotopic (exact) mass is 383 g/mol. The highest BCUT2D eigenvalue weighted by molar-refractivity contribution is 5.64. The Morgan fingerprint density at radius 1 is 1.22 bits per heavy atom. The zero-order valence-corrected chi connectivity index (χ0v) is 15.9. The molecule has 1 aromatic carbocycles. The van der Waals surface area contributed by atoms with Crippen LogP contribution in [0.5, 0.6) is 11.8 Å². The fourth-order valence-electron chi connectivity index (χ4n) is 2.32. The lowest BCUT2D eigenvalue weighted by Gasteiger charge is -2.23. The van der Waals surface area contributed by atoms with Gasteiger partial charge in [-0.15, -0.1) is 0 Å². The molecule has 1 heterocycles. The molecule has 0 bridgehead atoms. The zero-order valence-electron chi connectivity index (χ0n) is 15.9. The second kappa shape index (κ2) is 8.92. The second-order valence-electron chi connectivity index (χ2n) is 6.31. The van der Waals surface area contributed by atoms with Gasteiger partial charge in [-0.25, -0.2) is 4.98 Å². The third kappa shape index (κ3) is 5.74. The summed E-state index contributed by atoms with van der Waals surface area (Å²) in [6.45, 7) is 6.11. The summed E-state index contributed by atoms with van der Waals surface area (Å²) in [5, 5.41) is 0. The van der Waals surface area contributed by atoms with Gasteiger partial charge in [0.05, 0.1) is 12.7 Å². The van der Waals surface area contributed by atoms with Crippen LogP contribution in [0.3, 0.4) is 0 Å². The van der Waals surface area contributed by atoms with Crippen LogP contribution in [0.25, 0.3) is 0 Å². The van der Waals surface area contributed by atoms with Crippen molar-refractivity contribution in [3.8, 4) is 11.8 Å². The number of aromatic nitrogens is 2. The summed E-state index contributed by atoms with van der Waals surface area (Å²) < 4.78 is 51.3. The Labute approximate surface area is 157 Å². The SMILES string of the molecule is CCCCOc1cccc(N(C)c2nc(OC(C)C)ncc2C(F)(F)F)c1. The highest BCUT2D eigenvalue weighted by atomic mass is 19.4. The molecule has 0 N–H and O–H groups in total. The molecule has 0 aliphatic carbocycles. The Kier molecular flexibility index (Phi) is 6.87. The van der Waals surface area contributed by atoms with Crippen molar-refractivity contribution in [2.75, 3.05) is 18.6 Å². The highest BCUT2D eigenvalue weighted by Crippen LogP contribution is 2.38. The van der Waals surface area contributed by atoms with E-state index < -0.39 is 11.7 Å². The molecule has 0 aliphatic rings. The molecule has 0 amide bonds. The summed E-state index contributed by atoms with van der Waals surface area (Å²) in [5.74, 6) is 0.313. The molecule has 0 atom stereocenters. The average Bonchev–Trinajstić information content (AvgIpc) is 2.60. The van der Waals surface area contributed by atoms with Crippen molar-refractivity contribution in [1.29, 1.82) is 0 Å². The van der Waals surface area contributed by atoms with Crippen molar-refractivity contribution in [2.24, 2.45) is 0 Å². The average molecular weight is 383 g/mol. The number of hydrogen-bond donors (Lipinski definition) is 0. The van der Waals surface area contributed by atoms with Crippen LogP contribution >= 0.6 is 0 Å². The summed E-state index contributed by atoms with van der Waals surface area (Å²) in [4.78, 5) is 9.03. The fraction of sp³-hybridized carbons (Fsp3) is 0.474. The van der Waals surface area contributed by atoms with E-state index in [1.807, 2.05) is 0 Å². The van der Waals surface area contributed by atoms with Crippen LogP contribution in [0.15, 0.2) is 30.5 Å². The standard InChI is InChI=1S/C19H24F3N3O2/c1-5-6-10-26-15-9-7-8-14(11-15)25(4)17-16(19(20,21)22)12-23-18(24-17)27-13(2)3/h7-9,11-13H,5-6,10H2,1-4H3. The molecular weight excluding hydrogens is 359 g/mol. The maximum atomic E-state index is 13.4. The van der Waals surface area contributed by atoms with Gasteiger partial charge in [-0.1, -0.05) is 19.4 Å². The van der Waals surface area contributed by atoms with Crippen LogP contribution in [0.2, 0.25) is 0 Å². The molecular formula is C19H24F3N3O2. The van der Waals surface area contributed by atoms with E-state index in [2.05, 4.69) is 16.9 Å². The Balaban J connectivity index is 2.38. The van der Waals surface area contributed by atoms with Crippen LogP contribution < -0.4 is 14.4 Å². The van der Waals surface area contributed by atoms with Crippen LogP contribution in [0, 0.1) is 0 Å². The number of anilines is 2. The molecule has 27 heavy (non-hydrogen) atoms. The minimum Gasteiger partial charge on any atom is -0.494 e. The molecule has 8 heteroatoms. The van der Waals surface area contributed by atoms with E-state index in [0.717, 1.165) is 19.0 Å². The molecule has 2 aromatic rings. The molecule has 0 aliphatic heterocycles. The minimum absolute atomic E-state index is 0.102. The largest absolute Gasteiger partial charge is 0.494 e. The van der Waals surface area contributed by atoms with E-state index in [9.17, 15) is 13.2 Å². The Morgan fingerprint density at radius 3 is 2.59 bits per heavy atom. The fourth-order valence-corrected chi connectivity index (χ4v) is 2.32. The number of halogens is 3. The van der Waals surface area contributed by atoms with Crippen molar-refractivity contribution in [3.63, 3.8) is 0 Å². The topological polar surface area (TPSA) is 47.5 Å². The van der Waals surface area contributed by atoms with E-state index in [-0.39, 0.29) is 17.9 Å². The van der Waals surface area contributed by atoms with Gasteiger partial charge in [0, 0.05) is 25.0 Å². The first-order valence-electron chi connectivity index (χ1n) is 8.79. The lowest BCUT2D eigenvalue weighted by Crippen LogP contribution is -2.20. The molecule has 0 spiro atoms. The van der Waals surface area contributed by atoms with Gasteiger partial charge in [0.25, 0.3) is 0 Å². The predicted molar refractivity (Wildman–Crippen MR) is 97.7 cm³/mol. The highest BCUT2D eigenvalue weighted by Gasteiger charge is 2.37. The number of nitrogens with zero attached hydrogens (tertiary/aromatic N) is 3. The lowest BCUT2D eigenvalue weighted by atomic mass is 10.2. The van der Waals surface area contributed by atoms with E-state index in [4.69, 9.17) is 9.47 Å². The minimum atomic E-state index is -4.59. The van der Waals surface area contributed by atoms with Gasteiger partial charge < -0.3 is 14.4 Å². The van der Waals surface area contributed by atoms with E-state index in [1.54, 1.807) is 38.1 Å². The van der Waals surface area contributed by atoms with Crippen molar-refractivity contribution < 1.29 is 22.6 Å². The van der Waals surface area contributed by atoms with E-state index in [0.29, 0.717) is 18.0 Å². The Hall–Kier alpha value is -2.51. The molecule has 0 saturated heterocycles. The first kappa shape index (κ1) is 20.8. The lowest BCUT2D eigenvalue weighted by molar-refractivity contribution is -0.137. The zero-order chi connectivity index (χ0) is 20.0. The predicted octanol–water partition coefficient (Wildman–Crippen LogP) is 5.23. The van der Waals surface area contributed by atoms with Gasteiger partial charge in [-0.2, -0.15) is 18.2 Å². The Bertz CT molecular complexity index is 751. The van der Waals surface area contributed by atoms with Gasteiger partial charge in [-0.3, -0.25) is 0 Å². The van der Waals surface area contributed by atoms with Crippen LogP contribution in [-0.2, 0) is 6.18 Å². The number of rotatable bonds is 8. The number of unbranched alkanes of at least 4 members (excludes halogenated alkanes) is 1. The van der Waals surface area contributed by atoms with Crippen molar-refractivity contribution in [1.82, 2.24) is 9.97 Å². The number of alkyl halides is 3. The first-order valence-corrected chi connectivity index (χ1v) is 8.79. The van der Waals surface area contributed by atoms with Crippen LogP contribution in [-0.4, -0.2) is 29.7 Å². The number of benzene rings is 1. The molecule has 148 valence electrons. The van der Waals surface area contributed by atoms with Gasteiger partial charge in [0.15, 0.2) is 5.82 Å².